The highest BCUT2D eigenvalue weighted by atomic mass is 32.1. The van der Waals surface area contributed by atoms with E-state index < -0.39 is 0 Å². The SMILES string of the molecule is CCCCCC(CCCCC)OCCOCCOCCOCCOc1ccc2nc(N=Nc3ccc(N(C)C)cc3)sc2c1. The molecule has 244 valence electrons. The second-order valence-electron chi connectivity index (χ2n) is 10.9. The lowest BCUT2D eigenvalue weighted by atomic mass is 10.0. The summed E-state index contributed by atoms with van der Waals surface area (Å²) in [5, 5.41) is 9.24. The number of ether oxygens (including phenoxy) is 5. The van der Waals surface area contributed by atoms with Crippen LogP contribution in [0.3, 0.4) is 0 Å². The van der Waals surface area contributed by atoms with Crippen molar-refractivity contribution in [3.8, 4) is 5.75 Å². The van der Waals surface area contributed by atoms with E-state index in [0.29, 0.717) is 64.1 Å². The Kier molecular flexibility index (Phi) is 17.9. The van der Waals surface area contributed by atoms with Crippen LogP contribution in [0.25, 0.3) is 10.2 Å². The molecule has 3 rings (SSSR count). The van der Waals surface area contributed by atoms with Crippen molar-refractivity contribution in [2.75, 3.05) is 71.9 Å². The number of aromatic nitrogens is 1. The van der Waals surface area contributed by atoms with Gasteiger partial charge in [0.05, 0.1) is 68.3 Å². The Morgan fingerprint density at radius 1 is 0.727 bits per heavy atom. The molecule has 0 bridgehead atoms. The van der Waals surface area contributed by atoms with Crippen LogP contribution in [0.5, 0.6) is 5.75 Å². The van der Waals surface area contributed by atoms with Crippen molar-refractivity contribution >= 4 is 38.1 Å². The molecule has 44 heavy (non-hydrogen) atoms. The Labute approximate surface area is 267 Å². The molecule has 0 fully saturated rings. The third kappa shape index (κ3) is 14.4. The molecule has 0 aliphatic carbocycles. The number of thiazole rings is 1. The van der Waals surface area contributed by atoms with Crippen LogP contribution in [0.1, 0.15) is 65.2 Å². The van der Waals surface area contributed by atoms with Crippen molar-refractivity contribution in [3.05, 3.63) is 42.5 Å². The topological polar surface area (TPSA) is 87.0 Å². The average molecular weight is 629 g/mol. The smallest absolute Gasteiger partial charge is 0.231 e. The zero-order valence-corrected chi connectivity index (χ0v) is 28.0. The van der Waals surface area contributed by atoms with E-state index >= 15 is 0 Å². The van der Waals surface area contributed by atoms with Gasteiger partial charge in [-0.05, 0) is 55.3 Å². The van der Waals surface area contributed by atoms with Gasteiger partial charge in [0.25, 0.3) is 0 Å². The summed E-state index contributed by atoms with van der Waals surface area (Å²) in [6.45, 7) is 8.86. The molecule has 10 heteroatoms. The first-order chi connectivity index (χ1) is 21.6. The fourth-order valence-corrected chi connectivity index (χ4v) is 5.35. The van der Waals surface area contributed by atoms with E-state index in [-0.39, 0.29) is 0 Å². The molecule has 0 atom stereocenters. The highest BCUT2D eigenvalue weighted by Crippen LogP contribution is 2.32. The number of benzene rings is 2. The summed E-state index contributed by atoms with van der Waals surface area (Å²) >= 11 is 1.48. The fraction of sp³-hybridized carbons (Fsp3) is 0.618. The van der Waals surface area contributed by atoms with Crippen LogP contribution in [0, 0.1) is 0 Å². The highest BCUT2D eigenvalue weighted by molar-refractivity contribution is 7.21. The first-order valence-electron chi connectivity index (χ1n) is 16.2. The maximum absolute atomic E-state index is 6.10. The lowest BCUT2D eigenvalue weighted by Gasteiger charge is -2.18. The van der Waals surface area contributed by atoms with Crippen molar-refractivity contribution < 1.29 is 23.7 Å². The Bertz CT molecular complexity index is 1180. The van der Waals surface area contributed by atoms with Gasteiger partial charge in [-0.3, -0.25) is 0 Å². The van der Waals surface area contributed by atoms with E-state index in [4.69, 9.17) is 23.7 Å². The third-order valence-corrected chi connectivity index (χ3v) is 7.95. The van der Waals surface area contributed by atoms with Crippen LogP contribution in [-0.4, -0.2) is 78.0 Å². The molecule has 0 spiro atoms. The predicted octanol–water partition coefficient (Wildman–Crippen LogP) is 8.75. The van der Waals surface area contributed by atoms with Crippen LogP contribution in [0.4, 0.5) is 16.5 Å². The van der Waals surface area contributed by atoms with Crippen LogP contribution in [0.15, 0.2) is 52.7 Å². The molecule has 0 saturated heterocycles. The lowest BCUT2D eigenvalue weighted by molar-refractivity contribution is -0.0242. The summed E-state index contributed by atoms with van der Waals surface area (Å²) < 4.78 is 29.9. The van der Waals surface area contributed by atoms with Gasteiger partial charge in [0.1, 0.15) is 12.4 Å². The monoisotopic (exact) mass is 628 g/mol. The quantitative estimate of drug-likeness (QED) is 0.0685. The number of azo groups is 1. The molecular formula is C34H52N4O5S. The zero-order valence-electron chi connectivity index (χ0n) is 27.2. The Hall–Kier alpha value is -2.63. The largest absolute Gasteiger partial charge is 0.491 e. The van der Waals surface area contributed by atoms with E-state index in [0.717, 1.165) is 40.2 Å². The Balaban J connectivity index is 1.21. The molecule has 2 aromatic carbocycles. The van der Waals surface area contributed by atoms with Crippen molar-refractivity contribution in [3.63, 3.8) is 0 Å². The molecule has 0 aliphatic heterocycles. The molecule has 0 amide bonds. The molecule has 0 aliphatic rings. The van der Waals surface area contributed by atoms with Crippen LogP contribution in [0.2, 0.25) is 0 Å². The van der Waals surface area contributed by atoms with Crippen LogP contribution >= 0.6 is 11.3 Å². The number of hydrogen-bond donors (Lipinski definition) is 0. The number of anilines is 1. The molecule has 1 aromatic heterocycles. The third-order valence-electron chi connectivity index (χ3n) is 7.05. The normalized spacial score (nSPS) is 11.8. The van der Waals surface area contributed by atoms with Gasteiger partial charge in [0, 0.05) is 19.8 Å². The summed E-state index contributed by atoms with van der Waals surface area (Å²) in [4.78, 5) is 6.60. The maximum Gasteiger partial charge on any atom is 0.231 e. The molecule has 0 N–H and O–H groups in total. The summed E-state index contributed by atoms with van der Waals surface area (Å²) in [5.41, 5.74) is 2.78. The molecule has 3 aromatic rings. The minimum Gasteiger partial charge on any atom is -0.491 e. The van der Waals surface area contributed by atoms with Gasteiger partial charge in [-0.2, -0.15) is 0 Å². The zero-order chi connectivity index (χ0) is 31.2. The van der Waals surface area contributed by atoms with Crippen molar-refractivity contribution in [2.24, 2.45) is 10.2 Å². The average Bonchev–Trinajstić information content (AvgIpc) is 3.44. The minimum atomic E-state index is 0.373. The number of fused-ring (bicyclic) bond motifs is 1. The summed E-state index contributed by atoms with van der Waals surface area (Å²) in [7, 11) is 4.02. The Morgan fingerprint density at radius 2 is 1.34 bits per heavy atom. The van der Waals surface area contributed by atoms with Gasteiger partial charge in [-0.15, -0.1) is 10.2 Å². The van der Waals surface area contributed by atoms with E-state index in [2.05, 4.69) is 29.1 Å². The Morgan fingerprint density at radius 3 is 1.95 bits per heavy atom. The summed E-state index contributed by atoms with van der Waals surface area (Å²) in [5.74, 6) is 0.776. The van der Waals surface area contributed by atoms with Gasteiger partial charge in [0.2, 0.25) is 5.13 Å². The highest BCUT2D eigenvalue weighted by Gasteiger charge is 2.09. The summed E-state index contributed by atoms with van der Waals surface area (Å²) in [6.07, 6.45) is 10.3. The lowest BCUT2D eigenvalue weighted by Crippen LogP contribution is -2.18. The van der Waals surface area contributed by atoms with Gasteiger partial charge in [0.15, 0.2) is 0 Å². The summed E-state index contributed by atoms with van der Waals surface area (Å²) in [6, 6.07) is 13.7. The number of hydrogen-bond acceptors (Lipinski definition) is 10. The van der Waals surface area contributed by atoms with E-state index in [9.17, 15) is 0 Å². The van der Waals surface area contributed by atoms with Crippen molar-refractivity contribution in [2.45, 2.75) is 71.3 Å². The maximum atomic E-state index is 6.10. The molecule has 1 heterocycles. The van der Waals surface area contributed by atoms with Crippen LogP contribution < -0.4 is 9.64 Å². The molecule has 0 unspecified atom stereocenters. The van der Waals surface area contributed by atoms with E-state index in [1.165, 1.54) is 49.9 Å². The molecule has 9 nitrogen and oxygen atoms in total. The first-order valence-corrected chi connectivity index (χ1v) is 17.0. The van der Waals surface area contributed by atoms with Crippen molar-refractivity contribution in [1.29, 1.82) is 0 Å². The standard InChI is InChI=1S/C34H52N4O5S/c1-5-7-9-11-30(12-10-8-6-2)42-25-23-40-21-19-39-20-22-41-24-26-43-31-17-18-32-33(27-31)44-34(35-32)37-36-28-13-15-29(16-14-28)38(3)4/h13-18,27,30H,5-12,19-26H2,1-4H3. The minimum absolute atomic E-state index is 0.373. The molecular weight excluding hydrogens is 576 g/mol. The fourth-order valence-electron chi connectivity index (χ4n) is 4.53. The second-order valence-corrected chi connectivity index (χ2v) is 11.9. The number of nitrogens with zero attached hydrogens (tertiary/aromatic N) is 4. The predicted molar refractivity (Wildman–Crippen MR) is 181 cm³/mol. The number of rotatable bonds is 25. The van der Waals surface area contributed by atoms with Gasteiger partial charge < -0.3 is 28.6 Å². The number of unbranched alkanes of at least 4 members (excludes halogenated alkanes) is 4. The molecule has 0 saturated carbocycles. The van der Waals surface area contributed by atoms with Gasteiger partial charge in [-0.25, -0.2) is 4.98 Å². The van der Waals surface area contributed by atoms with Crippen molar-refractivity contribution in [1.82, 2.24) is 4.98 Å². The van der Waals surface area contributed by atoms with Gasteiger partial charge in [-0.1, -0.05) is 63.7 Å². The second kappa shape index (κ2) is 22.0. The molecule has 0 radical (unpaired) electrons. The van der Waals surface area contributed by atoms with Gasteiger partial charge >= 0.3 is 0 Å². The first kappa shape index (κ1) is 35.8. The van der Waals surface area contributed by atoms with E-state index in [1.54, 1.807) is 0 Å². The van der Waals surface area contributed by atoms with E-state index in [1.807, 2.05) is 61.5 Å². The van der Waals surface area contributed by atoms with Crippen LogP contribution in [-0.2, 0) is 18.9 Å².